The van der Waals surface area contributed by atoms with Gasteiger partial charge in [-0.3, -0.25) is 4.79 Å². The summed E-state index contributed by atoms with van der Waals surface area (Å²) in [5, 5.41) is 5.53. The number of benzene rings is 2. The highest BCUT2D eigenvalue weighted by Gasteiger charge is 2.20. The second-order valence-corrected chi connectivity index (χ2v) is 7.51. The lowest BCUT2D eigenvalue weighted by Crippen LogP contribution is -2.38. The number of nitrogens with zero attached hydrogens (tertiary/aromatic N) is 1. The molecule has 0 radical (unpaired) electrons. The number of alkyl halides is 2. The molecule has 0 aliphatic carbocycles. The van der Waals surface area contributed by atoms with Gasteiger partial charge in [-0.25, -0.2) is 4.79 Å². The van der Waals surface area contributed by atoms with Crippen molar-refractivity contribution in [1.82, 2.24) is 15.5 Å². The van der Waals surface area contributed by atoms with Crippen molar-refractivity contribution >= 4 is 11.9 Å². The number of hydrogen-bond acceptors (Lipinski definition) is 3. The van der Waals surface area contributed by atoms with E-state index in [1.165, 1.54) is 23.3 Å². The zero-order valence-corrected chi connectivity index (χ0v) is 17.4. The van der Waals surface area contributed by atoms with Crippen molar-refractivity contribution in [2.45, 2.75) is 45.4 Å². The Morgan fingerprint density at radius 1 is 1.10 bits per heavy atom. The van der Waals surface area contributed by atoms with Gasteiger partial charge >= 0.3 is 12.6 Å². The van der Waals surface area contributed by atoms with Crippen LogP contribution < -0.4 is 15.4 Å². The van der Waals surface area contributed by atoms with Gasteiger partial charge in [-0.1, -0.05) is 36.4 Å². The number of carbonyl (C=O) groups is 2. The van der Waals surface area contributed by atoms with E-state index in [1.807, 2.05) is 17.0 Å². The highest BCUT2D eigenvalue weighted by atomic mass is 19.3. The summed E-state index contributed by atoms with van der Waals surface area (Å²) in [6, 6.07) is 13.6. The average molecular weight is 431 g/mol. The molecular weight excluding hydrogens is 404 g/mol. The lowest BCUT2D eigenvalue weighted by atomic mass is 9.99. The third-order valence-corrected chi connectivity index (χ3v) is 5.29. The Bertz CT molecular complexity index is 890. The van der Waals surface area contributed by atoms with Gasteiger partial charge in [0, 0.05) is 26.1 Å². The molecule has 6 nitrogen and oxygen atoms in total. The summed E-state index contributed by atoms with van der Waals surface area (Å²) < 4.78 is 28.7. The molecule has 1 aliphatic heterocycles. The maximum atomic E-state index is 12.5. The first kappa shape index (κ1) is 22.5. The molecule has 0 saturated carbocycles. The summed E-state index contributed by atoms with van der Waals surface area (Å²) >= 11 is 0. The highest BCUT2D eigenvalue weighted by molar-refractivity contribution is 5.77. The first-order chi connectivity index (χ1) is 14.9. The van der Waals surface area contributed by atoms with E-state index in [0.717, 1.165) is 18.5 Å². The molecular formula is C23H27F2N3O3. The van der Waals surface area contributed by atoms with Crippen LogP contribution in [0.2, 0.25) is 0 Å². The predicted molar refractivity (Wildman–Crippen MR) is 113 cm³/mol. The molecule has 8 heteroatoms. The van der Waals surface area contributed by atoms with Crippen LogP contribution in [0.5, 0.6) is 5.75 Å². The van der Waals surface area contributed by atoms with Gasteiger partial charge in [-0.15, -0.1) is 0 Å². The summed E-state index contributed by atoms with van der Waals surface area (Å²) in [7, 11) is 0. The summed E-state index contributed by atoms with van der Waals surface area (Å²) in [6.07, 6.45) is 1.80. The van der Waals surface area contributed by atoms with Crippen molar-refractivity contribution in [2.24, 2.45) is 0 Å². The van der Waals surface area contributed by atoms with Crippen molar-refractivity contribution in [3.8, 4) is 5.75 Å². The number of ether oxygens (including phenoxy) is 1. The second-order valence-electron chi connectivity index (χ2n) is 7.51. The third kappa shape index (κ3) is 6.67. The lowest BCUT2D eigenvalue weighted by molar-refractivity contribution is -0.132. The molecule has 1 aliphatic rings. The third-order valence-electron chi connectivity index (χ3n) is 5.29. The molecule has 1 heterocycles. The molecule has 0 aromatic heterocycles. The smallest absolute Gasteiger partial charge is 0.387 e. The molecule has 2 aromatic carbocycles. The normalized spacial score (nSPS) is 14.0. The fourth-order valence-electron chi connectivity index (χ4n) is 3.58. The van der Waals surface area contributed by atoms with Crippen LogP contribution in [-0.2, 0) is 17.8 Å². The maximum Gasteiger partial charge on any atom is 0.387 e. The van der Waals surface area contributed by atoms with Crippen molar-refractivity contribution in [3.63, 3.8) is 0 Å². The largest absolute Gasteiger partial charge is 0.435 e. The molecule has 0 fully saturated rings. The highest BCUT2D eigenvalue weighted by Crippen LogP contribution is 2.20. The number of hydrogen-bond donors (Lipinski definition) is 2. The molecule has 0 spiro atoms. The Morgan fingerprint density at radius 2 is 1.81 bits per heavy atom. The van der Waals surface area contributed by atoms with E-state index in [1.54, 1.807) is 19.1 Å². The molecule has 166 valence electrons. The fourth-order valence-corrected chi connectivity index (χ4v) is 3.58. The molecule has 1 atom stereocenters. The van der Waals surface area contributed by atoms with E-state index < -0.39 is 6.61 Å². The number of urea groups is 1. The molecule has 31 heavy (non-hydrogen) atoms. The quantitative estimate of drug-likeness (QED) is 0.621. The van der Waals surface area contributed by atoms with Crippen LogP contribution in [0.4, 0.5) is 13.6 Å². The van der Waals surface area contributed by atoms with Crippen LogP contribution in [0, 0.1) is 0 Å². The molecule has 2 N–H and O–H groups in total. The monoisotopic (exact) mass is 431 g/mol. The Kier molecular flexibility index (Phi) is 7.81. The van der Waals surface area contributed by atoms with Crippen molar-refractivity contribution in [3.05, 3.63) is 65.2 Å². The molecule has 0 saturated heterocycles. The summed E-state index contributed by atoms with van der Waals surface area (Å²) in [5.74, 6) is 0.161. The van der Waals surface area contributed by atoms with Gasteiger partial charge in [0.15, 0.2) is 0 Å². The molecule has 3 rings (SSSR count). The lowest BCUT2D eigenvalue weighted by Gasteiger charge is -2.29. The minimum atomic E-state index is -2.87. The minimum Gasteiger partial charge on any atom is -0.435 e. The van der Waals surface area contributed by atoms with Gasteiger partial charge in [-0.2, -0.15) is 8.78 Å². The summed E-state index contributed by atoms with van der Waals surface area (Å²) in [4.78, 5) is 26.4. The number of carbonyl (C=O) groups excluding carboxylic acids is 2. The molecule has 0 bridgehead atoms. The van der Waals surface area contributed by atoms with Crippen LogP contribution in [0.3, 0.4) is 0 Å². The van der Waals surface area contributed by atoms with Crippen molar-refractivity contribution < 1.29 is 23.1 Å². The van der Waals surface area contributed by atoms with E-state index in [9.17, 15) is 18.4 Å². The maximum absolute atomic E-state index is 12.5. The molecule has 3 amide bonds. The van der Waals surface area contributed by atoms with Crippen molar-refractivity contribution in [1.29, 1.82) is 0 Å². The Morgan fingerprint density at radius 3 is 2.52 bits per heavy atom. The summed E-state index contributed by atoms with van der Waals surface area (Å²) in [6.45, 7) is 0.671. The van der Waals surface area contributed by atoms with Gasteiger partial charge in [0.05, 0.1) is 6.04 Å². The molecule has 2 aromatic rings. The van der Waals surface area contributed by atoms with E-state index in [4.69, 9.17) is 0 Å². The summed E-state index contributed by atoms with van der Waals surface area (Å²) in [5.41, 5.74) is 3.26. The minimum absolute atomic E-state index is 0.0669. The first-order valence-electron chi connectivity index (χ1n) is 10.4. The standard InChI is InChI=1S/C23H27F2N3O3/c1-16(17-8-10-20(11-9-17)31-22(24)25)27-23(30)26-13-4-7-21(29)28-14-12-18-5-2-3-6-19(18)15-28/h2-3,5-6,8-11,16,22H,4,7,12-15H2,1H3,(H2,26,27,30). The Balaban J connectivity index is 1.35. The van der Waals surface area contributed by atoms with Crippen LogP contribution in [0.1, 0.15) is 42.5 Å². The van der Waals surface area contributed by atoms with Gasteiger partial charge in [0.25, 0.3) is 0 Å². The van der Waals surface area contributed by atoms with E-state index in [2.05, 4.69) is 27.5 Å². The Labute approximate surface area is 180 Å². The number of rotatable bonds is 8. The zero-order chi connectivity index (χ0) is 22.2. The van der Waals surface area contributed by atoms with Gasteiger partial charge < -0.3 is 20.3 Å². The number of amides is 3. The van der Waals surface area contributed by atoms with E-state index in [-0.39, 0.29) is 23.7 Å². The SMILES string of the molecule is CC(NC(=O)NCCCC(=O)N1CCc2ccccc2C1)c1ccc(OC(F)F)cc1. The van der Waals surface area contributed by atoms with Gasteiger partial charge in [0.1, 0.15) is 5.75 Å². The van der Waals surface area contributed by atoms with Crippen LogP contribution in [0.15, 0.2) is 48.5 Å². The van der Waals surface area contributed by atoms with Crippen LogP contribution in [0.25, 0.3) is 0 Å². The number of fused-ring (bicyclic) bond motifs is 1. The van der Waals surface area contributed by atoms with Crippen LogP contribution >= 0.6 is 0 Å². The second kappa shape index (κ2) is 10.7. The fraction of sp³-hybridized carbons (Fsp3) is 0.391. The van der Waals surface area contributed by atoms with Gasteiger partial charge in [0.2, 0.25) is 5.91 Å². The van der Waals surface area contributed by atoms with Crippen molar-refractivity contribution in [2.75, 3.05) is 13.1 Å². The molecule has 1 unspecified atom stereocenters. The van der Waals surface area contributed by atoms with Crippen LogP contribution in [-0.4, -0.2) is 36.5 Å². The van der Waals surface area contributed by atoms with E-state index >= 15 is 0 Å². The van der Waals surface area contributed by atoms with E-state index in [0.29, 0.717) is 25.9 Å². The number of nitrogens with one attached hydrogen (secondary N) is 2. The Hall–Kier alpha value is -3.16. The van der Waals surface area contributed by atoms with Gasteiger partial charge in [-0.05, 0) is 48.6 Å². The topological polar surface area (TPSA) is 70.7 Å². The predicted octanol–water partition coefficient (Wildman–Crippen LogP) is 4.01. The zero-order valence-electron chi connectivity index (χ0n) is 17.4. The average Bonchev–Trinajstić information content (AvgIpc) is 2.76. The first-order valence-corrected chi connectivity index (χ1v) is 10.4. The number of halogens is 2.